The Morgan fingerprint density at radius 2 is 2.25 bits per heavy atom. The van der Waals surface area contributed by atoms with E-state index < -0.39 is 23.6 Å². The normalized spacial score (nSPS) is 29.1. The molecule has 24 heavy (non-hydrogen) atoms. The van der Waals surface area contributed by atoms with Gasteiger partial charge in [0.05, 0.1) is 36.0 Å². The van der Waals surface area contributed by atoms with E-state index in [4.69, 9.17) is 18.6 Å². The molecule has 7 nitrogen and oxygen atoms in total. The lowest BCUT2D eigenvalue weighted by atomic mass is 9.91. The number of aryl methyl sites for hydroxylation is 1. The minimum absolute atomic E-state index is 0.211. The topological polar surface area (TPSA) is 98.4 Å². The molecule has 3 unspecified atom stereocenters. The van der Waals surface area contributed by atoms with Crippen molar-refractivity contribution in [1.29, 1.82) is 0 Å². The molecule has 2 aromatic rings. The maximum atomic E-state index is 12.4. The summed E-state index contributed by atoms with van der Waals surface area (Å²) < 4.78 is 21.9. The van der Waals surface area contributed by atoms with E-state index in [0.717, 1.165) is 0 Å². The average Bonchev–Trinajstić information content (AvgIpc) is 3.17. The third kappa shape index (κ3) is 1.46. The van der Waals surface area contributed by atoms with E-state index >= 15 is 0 Å². The van der Waals surface area contributed by atoms with Crippen LogP contribution in [-0.2, 0) is 16.8 Å². The van der Waals surface area contributed by atoms with Gasteiger partial charge in [0.25, 0.3) is 6.29 Å². The fourth-order valence-corrected chi connectivity index (χ4v) is 3.89. The summed E-state index contributed by atoms with van der Waals surface area (Å²) in [5.41, 5.74) is -0.611. The number of aliphatic hydroxyl groups is 2. The first kappa shape index (κ1) is 13.9. The minimum Gasteiger partial charge on any atom is -0.496 e. The molecule has 1 aliphatic carbocycles. The summed E-state index contributed by atoms with van der Waals surface area (Å²) in [5, 5.41) is 21.6. The second-order valence-electron chi connectivity index (χ2n) is 6.21. The number of aliphatic hydroxyl groups excluding tert-OH is 1. The molecule has 0 bridgehead atoms. The van der Waals surface area contributed by atoms with E-state index in [1.807, 2.05) is 0 Å². The van der Waals surface area contributed by atoms with Crippen molar-refractivity contribution in [3.05, 3.63) is 45.5 Å². The van der Waals surface area contributed by atoms with Crippen LogP contribution in [-0.4, -0.2) is 23.6 Å². The van der Waals surface area contributed by atoms with Crippen molar-refractivity contribution in [2.75, 3.05) is 7.11 Å². The molecule has 7 heteroatoms. The van der Waals surface area contributed by atoms with Crippen LogP contribution in [0.25, 0.3) is 11.0 Å². The van der Waals surface area contributed by atoms with E-state index in [1.54, 1.807) is 6.07 Å². The number of hydrogen-bond acceptors (Lipinski definition) is 7. The molecule has 2 N–H and O–H groups in total. The molecule has 3 aliphatic rings. The van der Waals surface area contributed by atoms with Gasteiger partial charge in [-0.25, -0.2) is 4.79 Å². The fourth-order valence-electron chi connectivity index (χ4n) is 3.89. The van der Waals surface area contributed by atoms with Crippen molar-refractivity contribution in [1.82, 2.24) is 0 Å². The van der Waals surface area contributed by atoms with Crippen LogP contribution in [0, 0.1) is 0 Å². The van der Waals surface area contributed by atoms with Crippen molar-refractivity contribution < 1.29 is 28.8 Å². The summed E-state index contributed by atoms with van der Waals surface area (Å²) in [6.45, 7) is 0. The zero-order valence-electron chi connectivity index (χ0n) is 12.7. The smallest absolute Gasteiger partial charge is 0.342 e. The average molecular weight is 330 g/mol. The number of rotatable bonds is 1. The molecule has 2 aliphatic heterocycles. The Morgan fingerprint density at radius 3 is 3.04 bits per heavy atom. The third-order valence-corrected chi connectivity index (χ3v) is 4.99. The van der Waals surface area contributed by atoms with E-state index in [9.17, 15) is 15.0 Å². The lowest BCUT2D eigenvalue weighted by Gasteiger charge is -2.19. The highest BCUT2D eigenvalue weighted by atomic mass is 16.7. The molecule has 0 spiro atoms. The zero-order chi connectivity index (χ0) is 16.6. The fraction of sp³-hybridized carbons (Fsp3) is 0.353. The van der Waals surface area contributed by atoms with Gasteiger partial charge in [-0.2, -0.15) is 0 Å². The summed E-state index contributed by atoms with van der Waals surface area (Å²) in [7, 11) is 1.50. The van der Waals surface area contributed by atoms with Gasteiger partial charge >= 0.3 is 5.63 Å². The molecule has 124 valence electrons. The second-order valence-corrected chi connectivity index (χ2v) is 6.21. The van der Waals surface area contributed by atoms with Crippen molar-refractivity contribution in [2.45, 2.75) is 30.8 Å². The summed E-state index contributed by atoms with van der Waals surface area (Å²) >= 11 is 0. The molecule has 3 atom stereocenters. The van der Waals surface area contributed by atoms with Crippen LogP contribution in [0.2, 0.25) is 0 Å². The van der Waals surface area contributed by atoms with Crippen molar-refractivity contribution in [2.24, 2.45) is 0 Å². The number of fused-ring (bicyclic) bond motifs is 7. The molecule has 0 radical (unpaired) electrons. The molecule has 5 rings (SSSR count). The number of methoxy groups -OCH3 is 1. The molecule has 0 fully saturated rings. The van der Waals surface area contributed by atoms with E-state index in [1.165, 1.54) is 19.4 Å². The van der Waals surface area contributed by atoms with Crippen LogP contribution < -0.4 is 15.1 Å². The highest BCUT2D eigenvalue weighted by Crippen LogP contribution is 2.52. The van der Waals surface area contributed by atoms with Crippen molar-refractivity contribution >= 4 is 11.0 Å². The van der Waals surface area contributed by atoms with Gasteiger partial charge in [0.1, 0.15) is 11.5 Å². The van der Waals surface area contributed by atoms with Gasteiger partial charge < -0.3 is 28.8 Å². The summed E-state index contributed by atoms with van der Waals surface area (Å²) in [4.78, 5) is 12.4. The maximum absolute atomic E-state index is 12.4. The molecular weight excluding hydrogens is 316 g/mol. The van der Waals surface area contributed by atoms with Gasteiger partial charge in [-0.15, -0.1) is 0 Å². The van der Waals surface area contributed by atoms with Crippen LogP contribution in [0.1, 0.15) is 29.2 Å². The van der Waals surface area contributed by atoms with Crippen LogP contribution in [0.4, 0.5) is 0 Å². The Balaban J connectivity index is 1.95. The second kappa shape index (κ2) is 4.31. The standard InChI is InChI=1S/C17H14O7/c1-21-9-6-10-13(17(20)4-5-22-16(17)23-10)14-12(9)7-2-3-8(18)11(7)15(19)24-14/h4-6,8,16,18,20H,2-3H2,1H3. The summed E-state index contributed by atoms with van der Waals surface area (Å²) in [5.74, 6) is 0.809. The Hall–Kier alpha value is -2.51. The van der Waals surface area contributed by atoms with Crippen molar-refractivity contribution in [3.63, 3.8) is 0 Å². The predicted octanol–water partition coefficient (Wildman–Crippen LogP) is 1.23. The summed E-state index contributed by atoms with van der Waals surface area (Å²) in [6, 6.07) is 1.65. The maximum Gasteiger partial charge on any atom is 0.342 e. The molecule has 1 aromatic carbocycles. The SMILES string of the molecule is COc1cc2c(c3oc(=O)c4c(c13)CCC4O)C1(O)C=COC1O2. The van der Waals surface area contributed by atoms with Crippen LogP contribution in [0.3, 0.4) is 0 Å². The molecule has 0 saturated carbocycles. The lowest BCUT2D eigenvalue weighted by molar-refractivity contribution is -0.109. The Kier molecular flexibility index (Phi) is 2.49. The Morgan fingerprint density at radius 1 is 1.42 bits per heavy atom. The van der Waals surface area contributed by atoms with E-state index in [2.05, 4.69) is 0 Å². The molecule has 0 saturated heterocycles. The van der Waals surface area contributed by atoms with Gasteiger partial charge in [-0.05, 0) is 24.5 Å². The minimum atomic E-state index is -1.53. The van der Waals surface area contributed by atoms with Gasteiger partial charge in [0, 0.05) is 6.07 Å². The molecule has 3 heterocycles. The first-order valence-corrected chi connectivity index (χ1v) is 7.66. The first-order valence-electron chi connectivity index (χ1n) is 7.66. The van der Waals surface area contributed by atoms with Crippen LogP contribution in [0.5, 0.6) is 11.5 Å². The van der Waals surface area contributed by atoms with Crippen LogP contribution in [0.15, 0.2) is 27.6 Å². The van der Waals surface area contributed by atoms with Gasteiger partial charge in [-0.1, -0.05) is 0 Å². The number of benzene rings is 1. The molecule has 0 amide bonds. The Bertz CT molecular complexity index is 973. The Labute approximate surface area is 135 Å². The monoisotopic (exact) mass is 330 g/mol. The molecular formula is C17H14O7. The van der Waals surface area contributed by atoms with Crippen molar-refractivity contribution in [3.8, 4) is 11.5 Å². The third-order valence-electron chi connectivity index (χ3n) is 4.99. The first-order chi connectivity index (χ1) is 11.5. The number of hydrogen-bond donors (Lipinski definition) is 2. The van der Waals surface area contributed by atoms with E-state index in [-0.39, 0.29) is 11.1 Å². The van der Waals surface area contributed by atoms with Gasteiger partial charge in [0.2, 0.25) is 0 Å². The van der Waals surface area contributed by atoms with Crippen LogP contribution >= 0.6 is 0 Å². The quantitative estimate of drug-likeness (QED) is 0.759. The highest BCUT2D eigenvalue weighted by Gasteiger charge is 2.53. The van der Waals surface area contributed by atoms with Gasteiger partial charge in [-0.3, -0.25) is 0 Å². The highest BCUT2D eigenvalue weighted by molar-refractivity contribution is 5.94. The van der Waals surface area contributed by atoms with Gasteiger partial charge in [0.15, 0.2) is 11.2 Å². The predicted molar refractivity (Wildman–Crippen MR) is 80.9 cm³/mol. The lowest BCUT2D eigenvalue weighted by Crippen LogP contribution is -2.33. The molecule has 1 aromatic heterocycles. The van der Waals surface area contributed by atoms with E-state index in [0.29, 0.717) is 40.9 Å². The summed E-state index contributed by atoms with van der Waals surface area (Å²) in [6.07, 6.45) is 2.04. The largest absolute Gasteiger partial charge is 0.496 e. The zero-order valence-corrected chi connectivity index (χ0v) is 12.7. The number of ether oxygens (including phenoxy) is 3.